The quantitative estimate of drug-likeness (QED) is 0.721. The lowest BCUT2D eigenvalue weighted by Crippen LogP contribution is -2.39. The van der Waals surface area contributed by atoms with Gasteiger partial charge in [-0.1, -0.05) is 0 Å². The number of nitrogens with one attached hydrogen (secondary N) is 1. The number of hydrogen-bond donors (Lipinski definition) is 1. The van der Waals surface area contributed by atoms with Crippen LogP contribution in [0.15, 0.2) is 12.3 Å². The molecule has 1 fully saturated rings. The first-order valence-corrected chi connectivity index (χ1v) is 5.35. The zero-order valence-corrected chi connectivity index (χ0v) is 9.41. The van der Waals surface area contributed by atoms with Gasteiger partial charge in [0, 0.05) is 18.3 Å². The van der Waals surface area contributed by atoms with Gasteiger partial charge in [0.1, 0.15) is 0 Å². The minimum atomic E-state index is -0.231. The van der Waals surface area contributed by atoms with Gasteiger partial charge in [0.05, 0.1) is 5.92 Å². The van der Waals surface area contributed by atoms with Crippen LogP contribution in [-0.4, -0.2) is 16.8 Å². The zero-order valence-electron chi connectivity index (χ0n) is 9.41. The summed E-state index contributed by atoms with van der Waals surface area (Å²) in [5.41, 5.74) is 2.92. The number of nitrogens with zero attached hydrogens (tertiary/aromatic N) is 1. The average Bonchev–Trinajstić information content (AvgIpc) is 2.19. The van der Waals surface area contributed by atoms with E-state index < -0.39 is 0 Å². The van der Waals surface area contributed by atoms with Crippen molar-refractivity contribution in [3.8, 4) is 0 Å². The number of carbonyl (C=O) groups excluding carboxylic acids is 2. The van der Waals surface area contributed by atoms with Gasteiger partial charge in [-0.3, -0.25) is 19.9 Å². The third kappa shape index (κ3) is 1.96. The van der Waals surface area contributed by atoms with Crippen LogP contribution in [0.2, 0.25) is 0 Å². The number of carbonyl (C=O) groups is 2. The molecule has 1 atom stereocenters. The molecule has 1 aliphatic heterocycles. The maximum absolute atomic E-state index is 11.7. The summed E-state index contributed by atoms with van der Waals surface area (Å²) in [6.45, 7) is 3.88. The summed E-state index contributed by atoms with van der Waals surface area (Å²) in [6.07, 6.45) is 2.73. The smallest absolute Gasteiger partial charge is 0.234 e. The lowest BCUT2D eigenvalue weighted by Gasteiger charge is -2.22. The molecule has 0 aromatic carbocycles. The van der Waals surface area contributed by atoms with Crippen LogP contribution in [0.4, 0.5) is 0 Å². The van der Waals surface area contributed by atoms with E-state index in [0.717, 1.165) is 16.8 Å². The number of imide groups is 1. The molecule has 2 heterocycles. The largest absolute Gasteiger partial charge is 0.296 e. The minimum Gasteiger partial charge on any atom is -0.296 e. The number of hydrogen-bond acceptors (Lipinski definition) is 3. The molecule has 0 aliphatic carbocycles. The van der Waals surface area contributed by atoms with Crippen molar-refractivity contribution in [3.05, 3.63) is 29.1 Å². The van der Waals surface area contributed by atoms with E-state index in [1.807, 2.05) is 19.9 Å². The molecule has 1 saturated heterocycles. The molecule has 16 heavy (non-hydrogen) atoms. The van der Waals surface area contributed by atoms with Crippen LogP contribution in [0.1, 0.15) is 35.6 Å². The minimum absolute atomic E-state index is 0.182. The Hall–Kier alpha value is -1.71. The van der Waals surface area contributed by atoms with Crippen molar-refractivity contribution in [2.75, 3.05) is 0 Å². The molecule has 0 spiro atoms. The molecular formula is C12H14N2O2. The lowest BCUT2D eigenvalue weighted by atomic mass is 9.89. The topological polar surface area (TPSA) is 59.1 Å². The first-order chi connectivity index (χ1) is 7.58. The molecule has 4 heteroatoms. The Morgan fingerprint density at radius 1 is 1.38 bits per heavy atom. The van der Waals surface area contributed by atoms with Crippen LogP contribution in [0.5, 0.6) is 0 Å². The molecule has 2 amide bonds. The van der Waals surface area contributed by atoms with E-state index in [4.69, 9.17) is 0 Å². The fourth-order valence-corrected chi connectivity index (χ4v) is 2.06. The van der Waals surface area contributed by atoms with E-state index in [-0.39, 0.29) is 17.7 Å². The van der Waals surface area contributed by atoms with Crippen LogP contribution in [0.25, 0.3) is 0 Å². The van der Waals surface area contributed by atoms with Gasteiger partial charge in [0.2, 0.25) is 11.8 Å². The average molecular weight is 218 g/mol. The standard InChI is InChI=1S/C12H14N2O2/c1-7-5-8(2)13-6-10(7)9-3-4-11(15)14-12(9)16/h5-6,9H,3-4H2,1-2H3,(H,14,15,16). The second-order valence-corrected chi connectivity index (χ2v) is 4.19. The zero-order chi connectivity index (χ0) is 11.7. The predicted octanol–water partition coefficient (Wildman–Crippen LogP) is 1.22. The third-order valence-corrected chi connectivity index (χ3v) is 2.90. The molecule has 1 aliphatic rings. The molecule has 1 unspecified atom stereocenters. The van der Waals surface area contributed by atoms with Gasteiger partial charge in [-0.25, -0.2) is 0 Å². The van der Waals surface area contributed by atoms with Gasteiger partial charge < -0.3 is 0 Å². The van der Waals surface area contributed by atoms with E-state index in [1.165, 1.54) is 0 Å². The monoisotopic (exact) mass is 218 g/mol. The molecule has 0 saturated carbocycles. The van der Waals surface area contributed by atoms with Crippen molar-refractivity contribution in [1.29, 1.82) is 0 Å². The molecule has 84 valence electrons. The summed E-state index contributed by atoms with van der Waals surface area (Å²) >= 11 is 0. The number of piperidine rings is 1. The first-order valence-electron chi connectivity index (χ1n) is 5.35. The Labute approximate surface area is 94.1 Å². The highest BCUT2D eigenvalue weighted by Gasteiger charge is 2.28. The SMILES string of the molecule is Cc1cc(C)c(C2CCC(=O)NC2=O)cn1. The number of amides is 2. The third-order valence-electron chi connectivity index (χ3n) is 2.90. The van der Waals surface area contributed by atoms with Crippen LogP contribution < -0.4 is 5.32 Å². The molecule has 1 aromatic heterocycles. The van der Waals surface area contributed by atoms with Gasteiger partial charge in [0.15, 0.2) is 0 Å². The molecule has 0 radical (unpaired) electrons. The number of aromatic nitrogens is 1. The van der Waals surface area contributed by atoms with E-state index >= 15 is 0 Å². The molecule has 4 nitrogen and oxygen atoms in total. The summed E-state index contributed by atoms with van der Waals surface area (Å²) in [4.78, 5) is 26.9. The van der Waals surface area contributed by atoms with Gasteiger partial charge in [-0.15, -0.1) is 0 Å². The molecule has 1 aromatic rings. The van der Waals surface area contributed by atoms with Crippen LogP contribution in [0.3, 0.4) is 0 Å². The lowest BCUT2D eigenvalue weighted by molar-refractivity contribution is -0.134. The Kier molecular flexibility index (Phi) is 2.73. The number of rotatable bonds is 1. The van der Waals surface area contributed by atoms with Gasteiger partial charge >= 0.3 is 0 Å². The summed E-state index contributed by atoms with van der Waals surface area (Å²) in [5, 5.41) is 2.36. The fourth-order valence-electron chi connectivity index (χ4n) is 2.06. The van der Waals surface area contributed by atoms with Crippen molar-refractivity contribution in [3.63, 3.8) is 0 Å². The Bertz CT molecular complexity index is 454. The normalized spacial score (nSPS) is 20.8. The highest BCUT2D eigenvalue weighted by Crippen LogP contribution is 2.26. The highest BCUT2D eigenvalue weighted by atomic mass is 16.2. The van der Waals surface area contributed by atoms with Gasteiger partial charge in [0.25, 0.3) is 0 Å². The summed E-state index contributed by atoms with van der Waals surface area (Å²) < 4.78 is 0. The second-order valence-electron chi connectivity index (χ2n) is 4.19. The van der Waals surface area contributed by atoms with Gasteiger partial charge in [-0.05, 0) is 37.5 Å². The summed E-state index contributed by atoms with van der Waals surface area (Å²) in [6, 6.07) is 1.96. The van der Waals surface area contributed by atoms with Crippen molar-refractivity contribution < 1.29 is 9.59 Å². The highest BCUT2D eigenvalue weighted by molar-refractivity contribution is 6.01. The van der Waals surface area contributed by atoms with Gasteiger partial charge in [-0.2, -0.15) is 0 Å². The van der Waals surface area contributed by atoms with Crippen molar-refractivity contribution in [2.24, 2.45) is 0 Å². The predicted molar refractivity (Wildman–Crippen MR) is 58.8 cm³/mol. The van der Waals surface area contributed by atoms with Crippen LogP contribution in [0, 0.1) is 13.8 Å². The van der Waals surface area contributed by atoms with Crippen molar-refractivity contribution in [2.45, 2.75) is 32.6 Å². The maximum atomic E-state index is 11.7. The number of aryl methyl sites for hydroxylation is 2. The molecule has 2 rings (SSSR count). The Balaban J connectivity index is 2.30. The molecular weight excluding hydrogens is 204 g/mol. The fraction of sp³-hybridized carbons (Fsp3) is 0.417. The second kappa shape index (κ2) is 4.04. The van der Waals surface area contributed by atoms with Crippen molar-refractivity contribution >= 4 is 11.8 Å². The number of pyridine rings is 1. The van der Waals surface area contributed by atoms with E-state index in [2.05, 4.69) is 10.3 Å². The first kappa shape index (κ1) is 10.8. The van der Waals surface area contributed by atoms with E-state index in [1.54, 1.807) is 6.20 Å². The summed E-state index contributed by atoms with van der Waals surface area (Å²) in [5.74, 6) is -0.616. The van der Waals surface area contributed by atoms with E-state index in [0.29, 0.717) is 12.8 Å². The molecule has 1 N–H and O–H groups in total. The van der Waals surface area contributed by atoms with E-state index in [9.17, 15) is 9.59 Å². The van der Waals surface area contributed by atoms with Crippen LogP contribution >= 0.6 is 0 Å². The van der Waals surface area contributed by atoms with Crippen molar-refractivity contribution in [1.82, 2.24) is 10.3 Å². The molecule has 0 bridgehead atoms. The summed E-state index contributed by atoms with van der Waals surface area (Å²) in [7, 11) is 0. The maximum Gasteiger partial charge on any atom is 0.234 e. The Morgan fingerprint density at radius 3 is 2.75 bits per heavy atom. The van der Waals surface area contributed by atoms with Crippen LogP contribution in [-0.2, 0) is 9.59 Å². The Morgan fingerprint density at radius 2 is 2.12 bits per heavy atom.